The fraction of sp³-hybridized carbons (Fsp3) is 0.733. The molecule has 0 aliphatic carbocycles. The molecule has 0 amide bonds. The van der Waals surface area contributed by atoms with Crippen LogP contribution in [0.4, 0.5) is 0 Å². The molecule has 4 nitrogen and oxygen atoms in total. The Kier molecular flexibility index (Phi) is 7.13. The number of rotatable bonds is 9. The molecule has 1 aromatic rings. The number of likely N-dealkylation sites (N-methyl/N-ethyl adjacent to an activating group) is 2. The molecule has 0 aromatic carbocycles. The zero-order chi connectivity index (χ0) is 14.3. The smallest absolute Gasteiger partial charge is 0.118 e. The number of hydrogen-bond acceptors (Lipinski definition) is 4. The summed E-state index contributed by atoms with van der Waals surface area (Å²) in [6.45, 7) is 9.26. The summed E-state index contributed by atoms with van der Waals surface area (Å²) in [5.41, 5.74) is 0. The van der Waals surface area contributed by atoms with Gasteiger partial charge in [0.2, 0.25) is 0 Å². The summed E-state index contributed by atoms with van der Waals surface area (Å²) in [5.74, 6) is 2.74. The predicted molar refractivity (Wildman–Crippen MR) is 80.1 cm³/mol. The van der Waals surface area contributed by atoms with Gasteiger partial charge in [-0.1, -0.05) is 13.8 Å². The molecule has 0 unspecified atom stereocenters. The molecule has 0 fully saturated rings. The van der Waals surface area contributed by atoms with E-state index in [1.54, 1.807) is 0 Å². The Bertz CT molecular complexity index is 347. The molecule has 1 heterocycles. The molecule has 0 aliphatic heterocycles. The van der Waals surface area contributed by atoms with Crippen LogP contribution in [0.5, 0.6) is 0 Å². The van der Waals surface area contributed by atoms with E-state index in [-0.39, 0.29) is 0 Å². The average molecular weight is 267 g/mol. The average Bonchev–Trinajstić information content (AvgIpc) is 2.73. The first-order valence-electron chi connectivity index (χ1n) is 7.09. The molecule has 0 saturated carbocycles. The topological polar surface area (TPSA) is 31.6 Å². The lowest BCUT2D eigenvalue weighted by Crippen LogP contribution is -2.28. The number of nitrogens with one attached hydrogen (secondary N) is 1. The zero-order valence-corrected chi connectivity index (χ0v) is 13.1. The summed E-state index contributed by atoms with van der Waals surface area (Å²) in [6.07, 6.45) is 0. The van der Waals surface area contributed by atoms with Crippen molar-refractivity contribution in [3.05, 3.63) is 23.7 Å². The van der Waals surface area contributed by atoms with Crippen molar-refractivity contribution in [2.75, 3.05) is 40.8 Å². The van der Waals surface area contributed by atoms with Crippen molar-refractivity contribution in [2.24, 2.45) is 5.92 Å². The molecule has 0 atom stereocenters. The molecular weight excluding hydrogens is 238 g/mol. The largest absolute Gasteiger partial charge is 0.463 e. The predicted octanol–water partition coefficient (Wildman–Crippen LogP) is 2.02. The molecular formula is C15H29N3O. The molecule has 0 bridgehead atoms. The first kappa shape index (κ1) is 16.2. The van der Waals surface area contributed by atoms with Crippen LogP contribution in [0.2, 0.25) is 0 Å². The molecule has 1 rings (SSSR count). The highest BCUT2D eigenvalue weighted by atomic mass is 16.3. The second-order valence-corrected chi connectivity index (χ2v) is 5.93. The minimum atomic E-state index is 0.673. The van der Waals surface area contributed by atoms with Gasteiger partial charge in [0.1, 0.15) is 11.5 Å². The Morgan fingerprint density at radius 2 is 1.79 bits per heavy atom. The lowest BCUT2D eigenvalue weighted by molar-refractivity contribution is 0.255. The van der Waals surface area contributed by atoms with Crippen molar-refractivity contribution >= 4 is 0 Å². The van der Waals surface area contributed by atoms with E-state index in [0.717, 1.165) is 44.2 Å². The summed E-state index contributed by atoms with van der Waals surface area (Å²) in [7, 11) is 6.32. The van der Waals surface area contributed by atoms with Gasteiger partial charge in [0.05, 0.1) is 13.1 Å². The third kappa shape index (κ3) is 7.35. The van der Waals surface area contributed by atoms with E-state index in [1.165, 1.54) is 0 Å². The van der Waals surface area contributed by atoms with E-state index >= 15 is 0 Å². The monoisotopic (exact) mass is 267 g/mol. The molecule has 19 heavy (non-hydrogen) atoms. The van der Waals surface area contributed by atoms with Crippen LogP contribution in [-0.2, 0) is 13.1 Å². The highest BCUT2D eigenvalue weighted by Crippen LogP contribution is 2.10. The number of nitrogens with zero attached hydrogens (tertiary/aromatic N) is 2. The highest BCUT2D eigenvalue weighted by molar-refractivity contribution is 5.07. The van der Waals surface area contributed by atoms with Gasteiger partial charge >= 0.3 is 0 Å². The number of furan rings is 1. The second kappa shape index (κ2) is 8.35. The Morgan fingerprint density at radius 3 is 2.42 bits per heavy atom. The van der Waals surface area contributed by atoms with E-state index < -0.39 is 0 Å². The van der Waals surface area contributed by atoms with Gasteiger partial charge in [-0.15, -0.1) is 0 Å². The van der Waals surface area contributed by atoms with Gasteiger partial charge in [0, 0.05) is 13.1 Å². The first-order chi connectivity index (χ1) is 8.97. The van der Waals surface area contributed by atoms with Crippen LogP contribution < -0.4 is 5.32 Å². The lowest BCUT2D eigenvalue weighted by Gasteiger charge is -2.17. The van der Waals surface area contributed by atoms with Gasteiger partial charge in [-0.2, -0.15) is 0 Å². The maximum atomic E-state index is 5.83. The molecule has 0 saturated heterocycles. The van der Waals surface area contributed by atoms with Crippen molar-refractivity contribution in [3.63, 3.8) is 0 Å². The van der Waals surface area contributed by atoms with Crippen LogP contribution in [0.3, 0.4) is 0 Å². The SMILES string of the molecule is CC(C)CNCc1ccc(CN(C)CCN(C)C)o1. The van der Waals surface area contributed by atoms with Crippen LogP contribution in [0.1, 0.15) is 25.4 Å². The normalized spacial score (nSPS) is 12.0. The van der Waals surface area contributed by atoms with Crippen molar-refractivity contribution in [1.82, 2.24) is 15.1 Å². The van der Waals surface area contributed by atoms with E-state index in [4.69, 9.17) is 4.42 Å². The van der Waals surface area contributed by atoms with Gasteiger partial charge in [0.25, 0.3) is 0 Å². The Balaban J connectivity index is 2.29. The van der Waals surface area contributed by atoms with Gasteiger partial charge in [-0.25, -0.2) is 0 Å². The van der Waals surface area contributed by atoms with Crippen molar-refractivity contribution in [2.45, 2.75) is 26.9 Å². The minimum absolute atomic E-state index is 0.673. The third-order valence-corrected chi connectivity index (χ3v) is 2.92. The minimum Gasteiger partial charge on any atom is -0.463 e. The van der Waals surface area contributed by atoms with E-state index in [9.17, 15) is 0 Å². The Hall–Kier alpha value is -0.840. The Morgan fingerprint density at radius 1 is 1.11 bits per heavy atom. The van der Waals surface area contributed by atoms with Crippen LogP contribution in [0.15, 0.2) is 16.5 Å². The van der Waals surface area contributed by atoms with Gasteiger partial charge < -0.3 is 14.6 Å². The molecule has 0 radical (unpaired) electrons. The van der Waals surface area contributed by atoms with Crippen LogP contribution in [-0.4, -0.2) is 50.6 Å². The quantitative estimate of drug-likeness (QED) is 0.742. The maximum Gasteiger partial charge on any atom is 0.118 e. The van der Waals surface area contributed by atoms with Crippen molar-refractivity contribution < 1.29 is 4.42 Å². The molecule has 0 aliphatic rings. The van der Waals surface area contributed by atoms with Crippen molar-refractivity contribution in [1.29, 1.82) is 0 Å². The van der Waals surface area contributed by atoms with E-state index in [2.05, 4.69) is 62.2 Å². The summed E-state index contributed by atoms with van der Waals surface area (Å²) in [5, 5.41) is 3.39. The first-order valence-corrected chi connectivity index (χ1v) is 7.09. The summed E-state index contributed by atoms with van der Waals surface area (Å²) in [6, 6.07) is 4.15. The van der Waals surface area contributed by atoms with Gasteiger partial charge in [-0.05, 0) is 45.7 Å². The van der Waals surface area contributed by atoms with Gasteiger partial charge in [0.15, 0.2) is 0 Å². The van der Waals surface area contributed by atoms with Crippen LogP contribution in [0.25, 0.3) is 0 Å². The molecule has 1 aromatic heterocycles. The fourth-order valence-corrected chi connectivity index (χ4v) is 1.80. The fourth-order valence-electron chi connectivity index (χ4n) is 1.80. The van der Waals surface area contributed by atoms with Crippen LogP contribution in [0, 0.1) is 5.92 Å². The van der Waals surface area contributed by atoms with Crippen LogP contribution >= 0.6 is 0 Å². The van der Waals surface area contributed by atoms with E-state index in [0.29, 0.717) is 5.92 Å². The summed E-state index contributed by atoms with van der Waals surface area (Å²) < 4.78 is 5.83. The molecule has 1 N–H and O–H groups in total. The van der Waals surface area contributed by atoms with E-state index in [1.807, 2.05) is 0 Å². The molecule has 4 heteroatoms. The second-order valence-electron chi connectivity index (χ2n) is 5.93. The summed E-state index contributed by atoms with van der Waals surface area (Å²) >= 11 is 0. The molecule has 110 valence electrons. The Labute approximate surface area is 117 Å². The maximum absolute atomic E-state index is 5.83. The standard InChI is InChI=1S/C15H29N3O/c1-13(2)10-16-11-14-6-7-15(19-14)12-18(5)9-8-17(3)4/h6-7,13,16H,8-12H2,1-5H3. The van der Waals surface area contributed by atoms with Gasteiger partial charge in [-0.3, -0.25) is 4.90 Å². The number of hydrogen-bond donors (Lipinski definition) is 1. The van der Waals surface area contributed by atoms with Crippen molar-refractivity contribution in [3.8, 4) is 0 Å². The molecule has 0 spiro atoms. The summed E-state index contributed by atoms with van der Waals surface area (Å²) in [4.78, 5) is 4.48. The highest BCUT2D eigenvalue weighted by Gasteiger charge is 2.06. The third-order valence-electron chi connectivity index (χ3n) is 2.92. The zero-order valence-electron chi connectivity index (χ0n) is 13.1. The lowest BCUT2D eigenvalue weighted by atomic mass is 10.2.